The molecule has 0 atom stereocenters. The fourth-order valence-corrected chi connectivity index (χ4v) is 0.259. The molecule has 0 unspecified atom stereocenters. The van der Waals surface area contributed by atoms with E-state index in [1.165, 1.54) is 6.08 Å². The van der Waals surface area contributed by atoms with Gasteiger partial charge >= 0.3 is 5.97 Å². The smallest absolute Gasteiger partial charge is 0.327 e. The van der Waals surface area contributed by atoms with Gasteiger partial charge in [-0.2, -0.15) is 0 Å². The van der Waals surface area contributed by atoms with Crippen LogP contribution in [-0.2, 0) is 4.79 Å². The SMILES string of the molecule is O=C(O)/C=C\CCO. The predicted octanol–water partition coefficient (Wildman–Crippen LogP) is 0.00960. The molecular weight excluding hydrogens is 108 g/mol. The van der Waals surface area contributed by atoms with E-state index in [2.05, 4.69) is 0 Å². The van der Waals surface area contributed by atoms with Crippen LogP contribution in [0.25, 0.3) is 0 Å². The summed E-state index contributed by atoms with van der Waals surface area (Å²) in [5, 5.41) is 16.1. The minimum Gasteiger partial charge on any atom is -0.478 e. The molecule has 0 saturated carbocycles. The summed E-state index contributed by atoms with van der Waals surface area (Å²) >= 11 is 0. The van der Waals surface area contributed by atoms with Crippen molar-refractivity contribution in [2.45, 2.75) is 6.42 Å². The second-order valence-corrected chi connectivity index (χ2v) is 1.25. The van der Waals surface area contributed by atoms with E-state index in [1.54, 1.807) is 0 Å². The molecule has 0 amide bonds. The predicted molar refractivity (Wildman–Crippen MR) is 28.5 cm³/mol. The zero-order valence-corrected chi connectivity index (χ0v) is 4.37. The number of aliphatic carboxylic acids is 1. The maximum atomic E-state index is 9.71. The molecule has 0 heterocycles. The van der Waals surface area contributed by atoms with Crippen molar-refractivity contribution >= 4 is 5.97 Å². The van der Waals surface area contributed by atoms with Gasteiger partial charge in [0.2, 0.25) is 0 Å². The number of carboxylic acid groups (broad SMARTS) is 1. The van der Waals surface area contributed by atoms with E-state index in [1.807, 2.05) is 0 Å². The van der Waals surface area contributed by atoms with Crippen LogP contribution in [0.4, 0.5) is 0 Å². The zero-order valence-electron chi connectivity index (χ0n) is 4.37. The quantitative estimate of drug-likeness (QED) is 0.510. The molecule has 0 aromatic rings. The highest BCUT2D eigenvalue weighted by molar-refractivity contribution is 5.79. The van der Waals surface area contributed by atoms with Crippen LogP contribution in [0.5, 0.6) is 0 Å². The molecule has 0 aliphatic heterocycles. The lowest BCUT2D eigenvalue weighted by Gasteiger charge is -1.79. The zero-order chi connectivity index (χ0) is 6.41. The third-order valence-electron chi connectivity index (χ3n) is 0.556. The molecule has 0 bridgehead atoms. The Balaban J connectivity index is 3.20. The van der Waals surface area contributed by atoms with Crippen LogP contribution in [0.3, 0.4) is 0 Å². The lowest BCUT2D eigenvalue weighted by molar-refractivity contribution is -0.131. The summed E-state index contributed by atoms with van der Waals surface area (Å²) in [5.74, 6) is -0.974. The number of hydrogen-bond donors (Lipinski definition) is 2. The first-order valence-electron chi connectivity index (χ1n) is 2.27. The van der Waals surface area contributed by atoms with Crippen LogP contribution in [0, 0.1) is 0 Å². The van der Waals surface area contributed by atoms with E-state index in [0.29, 0.717) is 6.42 Å². The van der Waals surface area contributed by atoms with E-state index < -0.39 is 5.97 Å². The third-order valence-corrected chi connectivity index (χ3v) is 0.556. The molecule has 3 nitrogen and oxygen atoms in total. The van der Waals surface area contributed by atoms with Crippen molar-refractivity contribution in [2.24, 2.45) is 0 Å². The Morgan fingerprint density at radius 2 is 2.25 bits per heavy atom. The Morgan fingerprint density at radius 1 is 1.62 bits per heavy atom. The first-order valence-corrected chi connectivity index (χ1v) is 2.27. The first-order chi connectivity index (χ1) is 3.77. The Labute approximate surface area is 47.3 Å². The molecule has 0 fully saturated rings. The molecule has 46 valence electrons. The molecule has 2 N–H and O–H groups in total. The van der Waals surface area contributed by atoms with Crippen molar-refractivity contribution in [3.05, 3.63) is 12.2 Å². The van der Waals surface area contributed by atoms with Crippen molar-refractivity contribution in [3.8, 4) is 0 Å². The number of carboxylic acids is 1. The number of aliphatic hydroxyl groups is 1. The van der Waals surface area contributed by atoms with Crippen molar-refractivity contribution in [2.75, 3.05) is 6.61 Å². The van der Waals surface area contributed by atoms with Gasteiger partial charge in [-0.25, -0.2) is 4.79 Å². The Morgan fingerprint density at radius 3 is 2.62 bits per heavy atom. The van der Waals surface area contributed by atoms with Crippen LogP contribution in [0.1, 0.15) is 6.42 Å². The Hall–Kier alpha value is -0.830. The van der Waals surface area contributed by atoms with Crippen LogP contribution in [-0.4, -0.2) is 22.8 Å². The number of carbonyl (C=O) groups is 1. The summed E-state index contributed by atoms with van der Waals surface area (Å²) < 4.78 is 0. The van der Waals surface area contributed by atoms with Gasteiger partial charge in [0, 0.05) is 12.7 Å². The van der Waals surface area contributed by atoms with Gasteiger partial charge in [0.25, 0.3) is 0 Å². The summed E-state index contributed by atoms with van der Waals surface area (Å²) in [7, 11) is 0. The van der Waals surface area contributed by atoms with Crippen LogP contribution in [0.2, 0.25) is 0 Å². The minimum atomic E-state index is -0.974. The number of aliphatic hydroxyl groups excluding tert-OH is 1. The molecule has 3 heteroatoms. The molecular formula is C5H8O3. The molecule has 0 aromatic heterocycles. The van der Waals surface area contributed by atoms with Crippen LogP contribution in [0.15, 0.2) is 12.2 Å². The average Bonchev–Trinajstić information content (AvgIpc) is 1.66. The second-order valence-electron chi connectivity index (χ2n) is 1.25. The molecule has 0 spiro atoms. The standard InChI is InChI=1S/C5H8O3/c6-4-2-1-3-5(7)8/h1,3,6H,2,4H2,(H,7,8)/b3-1-. The van der Waals surface area contributed by atoms with Crippen LogP contribution >= 0.6 is 0 Å². The Bertz CT molecular complexity index is 95.8. The van der Waals surface area contributed by atoms with Crippen molar-refractivity contribution in [3.63, 3.8) is 0 Å². The van der Waals surface area contributed by atoms with Gasteiger partial charge < -0.3 is 10.2 Å². The highest BCUT2D eigenvalue weighted by Gasteiger charge is 1.81. The molecule has 0 saturated heterocycles. The van der Waals surface area contributed by atoms with E-state index in [0.717, 1.165) is 6.08 Å². The highest BCUT2D eigenvalue weighted by Crippen LogP contribution is 1.78. The lowest BCUT2D eigenvalue weighted by Crippen LogP contribution is -1.86. The number of rotatable bonds is 3. The summed E-state index contributed by atoms with van der Waals surface area (Å²) in [6, 6.07) is 0. The largest absolute Gasteiger partial charge is 0.478 e. The van der Waals surface area contributed by atoms with E-state index >= 15 is 0 Å². The van der Waals surface area contributed by atoms with Gasteiger partial charge in [0.05, 0.1) is 0 Å². The maximum Gasteiger partial charge on any atom is 0.327 e. The van der Waals surface area contributed by atoms with Gasteiger partial charge in [-0.05, 0) is 6.42 Å². The monoisotopic (exact) mass is 116 g/mol. The summed E-state index contributed by atoms with van der Waals surface area (Å²) in [5.41, 5.74) is 0. The van der Waals surface area contributed by atoms with E-state index in [9.17, 15) is 4.79 Å². The van der Waals surface area contributed by atoms with E-state index in [-0.39, 0.29) is 6.61 Å². The summed E-state index contributed by atoms with van der Waals surface area (Å²) in [4.78, 5) is 9.71. The normalized spacial score (nSPS) is 10.1. The lowest BCUT2D eigenvalue weighted by atomic mass is 10.4. The summed E-state index contributed by atoms with van der Waals surface area (Å²) in [6.45, 7) is 0.00375. The molecule has 0 rings (SSSR count). The molecule has 0 radical (unpaired) electrons. The topological polar surface area (TPSA) is 57.5 Å². The first kappa shape index (κ1) is 7.17. The fraction of sp³-hybridized carbons (Fsp3) is 0.400. The van der Waals surface area contributed by atoms with Crippen molar-refractivity contribution in [1.82, 2.24) is 0 Å². The number of hydrogen-bond acceptors (Lipinski definition) is 2. The van der Waals surface area contributed by atoms with Gasteiger partial charge in [-0.15, -0.1) is 0 Å². The molecule has 0 aliphatic carbocycles. The van der Waals surface area contributed by atoms with E-state index in [4.69, 9.17) is 10.2 Å². The molecule has 8 heavy (non-hydrogen) atoms. The molecule has 0 aromatic carbocycles. The second kappa shape index (κ2) is 4.33. The van der Waals surface area contributed by atoms with Crippen molar-refractivity contribution in [1.29, 1.82) is 0 Å². The van der Waals surface area contributed by atoms with Crippen molar-refractivity contribution < 1.29 is 15.0 Å². The van der Waals surface area contributed by atoms with Crippen LogP contribution < -0.4 is 0 Å². The minimum absolute atomic E-state index is 0.00375. The third kappa shape index (κ3) is 5.17. The molecule has 0 aliphatic rings. The Kier molecular flexibility index (Phi) is 3.88. The van der Waals surface area contributed by atoms with Gasteiger partial charge in [-0.3, -0.25) is 0 Å². The maximum absolute atomic E-state index is 9.71. The fourth-order valence-electron chi connectivity index (χ4n) is 0.259. The van der Waals surface area contributed by atoms with Gasteiger partial charge in [0.15, 0.2) is 0 Å². The highest BCUT2D eigenvalue weighted by atomic mass is 16.4. The van der Waals surface area contributed by atoms with Gasteiger partial charge in [0.1, 0.15) is 0 Å². The average molecular weight is 116 g/mol. The summed E-state index contributed by atoms with van der Waals surface area (Å²) in [6.07, 6.45) is 2.82. The van der Waals surface area contributed by atoms with Gasteiger partial charge in [-0.1, -0.05) is 6.08 Å².